The summed E-state index contributed by atoms with van der Waals surface area (Å²) in [4.78, 5) is 28.5. The number of ether oxygens (including phenoxy) is 1. The summed E-state index contributed by atoms with van der Waals surface area (Å²) in [5.41, 5.74) is 2.10. The van der Waals surface area contributed by atoms with Gasteiger partial charge in [0.2, 0.25) is 5.91 Å². The molecule has 6 nitrogen and oxygen atoms in total. The summed E-state index contributed by atoms with van der Waals surface area (Å²) in [5, 5.41) is 3.20. The van der Waals surface area contributed by atoms with Crippen LogP contribution in [0.15, 0.2) is 66.1 Å². The molecule has 1 amide bonds. The number of carbonyl (C=O) groups excluding carboxylic acids is 2. The van der Waals surface area contributed by atoms with Gasteiger partial charge in [0.15, 0.2) is 10.9 Å². The van der Waals surface area contributed by atoms with Gasteiger partial charge in [0, 0.05) is 29.3 Å². The summed E-state index contributed by atoms with van der Waals surface area (Å²) in [7, 11) is 1.62. The number of Topliss-reactive ketones (excluding diaryl/α,β-unsaturated/α-hetero) is 1. The molecule has 1 atom stereocenters. The van der Waals surface area contributed by atoms with E-state index in [2.05, 4.69) is 10.3 Å². The molecule has 0 spiro atoms. The molecule has 1 aromatic heterocycles. The van der Waals surface area contributed by atoms with E-state index >= 15 is 0 Å². The fourth-order valence-corrected chi connectivity index (χ4v) is 3.47. The van der Waals surface area contributed by atoms with Gasteiger partial charge in [-0.1, -0.05) is 23.9 Å². The largest absolute Gasteiger partial charge is 0.497 e. The van der Waals surface area contributed by atoms with Crippen molar-refractivity contribution in [2.75, 3.05) is 12.4 Å². The van der Waals surface area contributed by atoms with Crippen molar-refractivity contribution in [3.05, 3.63) is 66.5 Å². The molecular formula is C21H21N3O3S. The Morgan fingerprint density at radius 2 is 1.93 bits per heavy atom. The molecule has 0 unspecified atom stereocenters. The van der Waals surface area contributed by atoms with Crippen LogP contribution in [0.4, 0.5) is 5.69 Å². The van der Waals surface area contributed by atoms with Crippen molar-refractivity contribution in [2.24, 2.45) is 0 Å². The van der Waals surface area contributed by atoms with Crippen LogP contribution < -0.4 is 10.1 Å². The summed E-state index contributed by atoms with van der Waals surface area (Å²) in [6, 6.07) is 14.5. The van der Waals surface area contributed by atoms with E-state index in [0.717, 1.165) is 11.4 Å². The number of amides is 1. The van der Waals surface area contributed by atoms with Gasteiger partial charge in [-0.15, -0.1) is 0 Å². The number of anilines is 1. The highest BCUT2D eigenvalue weighted by Gasteiger charge is 2.18. The zero-order valence-corrected chi connectivity index (χ0v) is 16.7. The maximum absolute atomic E-state index is 12.6. The number of rotatable bonds is 7. The number of hydrogen-bond donors (Lipinski definition) is 1. The molecule has 1 heterocycles. The Morgan fingerprint density at radius 1 is 1.18 bits per heavy atom. The first-order valence-electron chi connectivity index (χ1n) is 8.74. The topological polar surface area (TPSA) is 73.2 Å². The van der Waals surface area contributed by atoms with Crippen molar-refractivity contribution in [1.82, 2.24) is 9.55 Å². The minimum Gasteiger partial charge on any atom is -0.497 e. The van der Waals surface area contributed by atoms with E-state index < -0.39 is 0 Å². The second-order valence-electron chi connectivity index (χ2n) is 6.16. The quantitative estimate of drug-likeness (QED) is 0.479. The lowest BCUT2D eigenvalue weighted by Gasteiger charge is -2.14. The van der Waals surface area contributed by atoms with E-state index in [9.17, 15) is 9.59 Å². The zero-order chi connectivity index (χ0) is 20.1. The summed E-state index contributed by atoms with van der Waals surface area (Å²) in [5.74, 6) is 0.577. The maximum Gasteiger partial charge on any atom is 0.237 e. The Bertz CT molecular complexity index is 983. The maximum atomic E-state index is 12.6. The second kappa shape index (κ2) is 8.75. The van der Waals surface area contributed by atoms with Crippen LogP contribution in [0.3, 0.4) is 0 Å². The summed E-state index contributed by atoms with van der Waals surface area (Å²) in [6.07, 6.45) is 3.55. The first-order valence-corrected chi connectivity index (χ1v) is 9.62. The second-order valence-corrected chi connectivity index (χ2v) is 7.47. The fraction of sp³-hybridized carbons (Fsp3) is 0.190. The van der Waals surface area contributed by atoms with Crippen LogP contribution in [0.2, 0.25) is 0 Å². The van der Waals surface area contributed by atoms with Crippen molar-refractivity contribution >= 4 is 29.1 Å². The molecule has 0 radical (unpaired) electrons. The minimum absolute atomic E-state index is 0.0416. The molecule has 0 aliphatic carbocycles. The summed E-state index contributed by atoms with van der Waals surface area (Å²) in [6.45, 7) is 3.32. The first kappa shape index (κ1) is 19.7. The van der Waals surface area contributed by atoms with Crippen LogP contribution in [0.25, 0.3) is 5.69 Å². The van der Waals surface area contributed by atoms with Crippen molar-refractivity contribution in [3.8, 4) is 11.4 Å². The van der Waals surface area contributed by atoms with Gasteiger partial charge in [-0.3, -0.25) is 14.2 Å². The average molecular weight is 395 g/mol. The molecule has 0 bridgehead atoms. The Labute approximate surface area is 167 Å². The number of nitrogens with zero attached hydrogens (tertiary/aromatic N) is 2. The van der Waals surface area contributed by atoms with Gasteiger partial charge in [-0.2, -0.15) is 0 Å². The van der Waals surface area contributed by atoms with Crippen molar-refractivity contribution in [1.29, 1.82) is 0 Å². The van der Waals surface area contributed by atoms with E-state index in [1.54, 1.807) is 37.6 Å². The highest BCUT2D eigenvalue weighted by atomic mass is 32.2. The predicted octanol–water partition coefficient (Wildman–Crippen LogP) is 4.20. The van der Waals surface area contributed by atoms with Crippen molar-refractivity contribution in [3.63, 3.8) is 0 Å². The van der Waals surface area contributed by atoms with E-state index in [1.165, 1.54) is 18.7 Å². The monoisotopic (exact) mass is 395 g/mol. The third kappa shape index (κ3) is 4.61. The highest BCUT2D eigenvalue weighted by molar-refractivity contribution is 8.00. The van der Waals surface area contributed by atoms with Gasteiger partial charge in [0.05, 0.1) is 12.4 Å². The Balaban J connectivity index is 1.70. The van der Waals surface area contributed by atoms with Crippen molar-refractivity contribution < 1.29 is 14.3 Å². The molecule has 7 heteroatoms. The Kier molecular flexibility index (Phi) is 6.16. The predicted molar refractivity (Wildman–Crippen MR) is 111 cm³/mol. The van der Waals surface area contributed by atoms with E-state index in [4.69, 9.17) is 4.74 Å². The molecule has 1 N–H and O–H groups in total. The number of ketones is 1. The van der Waals surface area contributed by atoms with Crippen molar-refractivity contribution in [2.45, 2.75) is 24.3 Å². The van der Waals surface area contributed by atoms with Gasteiger partial charge in [0.25, 0.3) is 0 Å². The molecule has 0 fully saturated rings. The van der Waals surface area contributed by atoms with Crippen LogP contribution >= 0.6 is 11.8 Å². The van der Waals surface area contributed by atoms with Crippen LogP contribution in [-0.4, -0.2) is 33.6 Å². The van der Waals surface area contributed by atoms with E-state index in [1.807, 2.05) is 42.0 Å². The third-order valence-electron chi connectivity index (χ3n) is 4.15. The molecule has 0 saturated carbocycles. The molecule has 3 rings (SSSR count). The molecule has 0 aliphatic rings. The third-order valence-corrected chi connectivity index (χ3v) is 5.23. The minimum atomic E-state index is -0.375. The first-order chi connectivity index (χ1) is 13.5. The number of aromatic nitrogens is 2. The number of hydrogen-bond acceptors (Lipinski definition) is 5. The number of carbonyl (C=O) groups is 2. The summed E-state index contributed by atoms with van der Waals surface area (Å²) >= 11 is 1.36. The molecule has 144 valence electrons. The Hall–Kier alpha value is -3.06. The van der Waals surface area contributed by atoms with Gasteiger partial charge < -0.3 is 10.1 Å². The normalized spacial score (nSPS) is 11.7. The molecule has 2 aromatic carbocycles. The van der Waals surface area contributed by atoms with Crippen LogP contribution in [-0.2, 0) is 4.79 Å². The van der Waals surface area contributed by atoms with Gasteiger partial charge >= 0.3 is 0 Å². The zero-order valence-electron chi connectivity index (χ0n) is 15.9. The fourth-order valence-electron chi connectivity index (χ4n) is 2.59. The van der Waals surface area contributed by atoms with Gasteiger partial charge in [-0.05, 0) is 50.2 Å². The molecule has 28 heavy (non-hydrogen) atoms. The number of imidazole rings is 1. The molecule has 0 aliphatic heterocycles. The molecular weight excluding hydrogens is 374 g/mol. The lowest BCUT2D eigenvalue weighted by atomic mass is 10.1. The average Bonchev–Trinajstić information content (AvgIpc) is 3.16. The molecule has 0 saturated heterocycles. The number of benzene rings is 2. The lowest BCUT2D eigenvalue weighted by Crippen LogP contribution is -2.23. The SMILES string of the molecule is COc1ccc(-n2ccnc2S[C@H](C)C(=O)Nc2cccc(C(C)=O)c2)cc1. The summed E-state index contributed by atoms with van der Waals surface area (Å²) < 4.78 is 7.11. The van der Waals surface area contributed by atoms with E-state index in [-0.39, 0.29) is 16.9 Å². The van der Waals surface area contributed by atoms with Gasteiger partial charge in [0.1, 0.15) is 5.75 Å². The highest BCUT2D eigenvalue weighted by Crippen LogP contribution is 2.26. The lowest BCUT2D eigenvalue weighted by molar-refractivity contribution is -0.115. The number of nitrogens with one attached hydrogen (secondary N) is 1. The number of methoxy groups -OCH3 is 1. The number of thioether (sulfide) groups is 1. The smallest absolute Gasteiger partial charge is 0.237 e. The standard InChI is InChI=1S/C21H21N3O3S/c1-14(25)16-5-4-6-17(13-16)23-20(26)15(2)28-21-22-11-12-24(21)18-7-9-19(27-3)10-8-18/h4-13,15H,1-3H3,(H,23,26)/t15-/m1/s1. The molecule has 3 aromatic rings. The van der Waals surface area contributed by atoms with E-state index in [0.29, 0.717) is 16.4 Å². The van der Waals surface area contributed by atoms with Crippen LogP contribution in [0.1, 0.15) is 24.2 Å². The van der Waals surface area contributed by atoms with Crippen LogP contribution in [0, 0.1) is 0 Å². The Morgan fingerprint density at radius 3 is 2.61 bits per heavy atom. The van der Waals surface area contributed by atoms with Gasteiger partial charge in [-0.25, -0.2) is 4.98 Å². The van der Waals surface area contributed by atoms with Crippen LogP contribution in [0.5, 0.6) is 5.75 Å².